The van der Waals surface area contributed by atoms with E-state index in [1.54, 1.807) is 38.5 Å². The van der Waals surface area contributed by atoms with Crippen LogP contribution in [0.1, 0.15) is 39.1 Å². The van der Waals surface area contributed by atoms with Crippen LogP contribution < -0.4 is 9.47 Å². The van der Waals surface area contributed by atoms with E-state index in [2.05, 4.69) is 0 Å². The Morgan fingerprint density at radius 1 is 0.867 bits per heavy atom. The third kappa shape index (κ3) is 3.63. The molecule has 0 aromatic heterocycles. The van der Waals surface area contributed by atoms with Gasteiger partial charge in [-0.2, -0.15) is 0 Å². The molecule has 0 spiro atoms. The number of ketones is 1. The summed E-state index contributed by atoms with van der Waals surface area (Å²) in [5, 5.41) is 1.82. The van der Waals surface area contributed by atoms with Crippen LogP contribution in [0.5, 0.6) is 11.5 Å². The van der Waals surface area contributed by atoms with Crippen LogP contribution in [0.15, 0.2) is 54.6 Å². The number of hydrogen-bond donors (Lipinski definition) is 0. The summed E-state index contributed by atoms with van der Waals surface area (Å²) in [5.74, 6) is 1.16. The van der Waals surface area contributed by atoms with Crippen molar-refractivity contribution in [2.75, 3.05) is 27.3 Å². The van der Waals surface area contributed by atoms with Gasteiger partial charge in [-0.1, -0.05) is 42.5 Å². The van der Waals surface area contributed by atoms with Crippen molar-refractivity contribution in [2.24, 2.45) is 0 Å². The van der Waals surface area contributed by atoms with E-state index in [4.69, 9.17) is 9.47 Å². The zero-order valence-electron chi connectivity index (χ0n) is 17.3. The molecule has 154 valence electrons. The smallest absolute Gasteiger partial charge is 0.254 e. The maximum absolute atomic E-state index is 13.3. The first kappa shape index (κ1) is 20.0. The zero-order chi connectivity index (χ0) is 21.1. The SMILES string of the molecule is COc1cc(CC(=O)c2ccccc2C(=O)N2CCCC2)c(OC)c2ccccc12. The molecule has 0 saturated carbocycles. The molecule has 4 rings (SSSR count). The zero-order valence-corrected chi connectivity index (χ0v) is 17.3. The predicted molar refractivity (Wildman–Crippen MR) is 117 cm³/mol. The maximum atomic E-state index is 13.3. The third-order valence-electron chi connectivity index (χ3n) is 5.66. The normalized spacial score (nSPS) is 13.5. The summed E-state index contributed by atoms with van der Waals surface area (Å²) >= 11 is 0. The standard InChI is InChI=1S/C25H25NO4/c1-29-23-16-17(24(30-2)20-11-5-4-10-19(20)23)15-22(27)18-9-3-6-12-21(18)25(28)26-13-7-8-14-26/h3-6,9-12,16H,7-8,13-15H2,1-2H3. The number of benzene rings is 3. The van der Waals surface area contributed by atoms with E-state index in [9.17, 15) is 9.59 Å². The number of Topliss-reactive ketones (excluding diaryl/α,β-unsaturated/α-hetero) is 1. The summed E-state index contributed by atoms with van der Waals surface area (Å²) in [6.45, 7) is 1.49. The van der Waals surface area contributed by atoms with Crippen molar-refractivity contribution in [1.29, 1.82) is 0 Å². The summed E-state index contributed by atoms with van der Waals surface area (Å²) in [7, 11) is 3.22. The molecule has 1 aliphatic rings. The van der Waals surface area contributed by atoms with Crippen LogP contribution in [0, 0.1) is 0 Å². The average Bonchev–Trinajstić information content (AvgIpc) is 3.33. The monoisotopic (exact) mass is 403 g/mol. The van der Waals surface area contributed by atoms with Crippen LogP contribution in [0.2, 0.25) is 0 Å². The second kappa shape index (κ2) is 8.57. The Morgan fingerprint density at radius 3 is 2.17 bits per heavy atom. The van der Waals surface area contributed by atoms with Crippen molar-refractivity contribution in [3.05, 3.63) is 71.3 Å². The van der Waals surface area contributed by atoms with E-state index in [0.29, 0.717) is 22.6 Å². The largest absolute Gasteiger partial charge is 0.496 e. The predicted octanol–water partition coefficient (Wildman–Crippen LogP) is 4.52. The lowest BCUT2D eigenvalue weighted by atomic mass is 9.95. The first-order valence-corrected chi connectivity index (χ1v) is 10.2. The lowest BCUT2D eigenvalue weighted by Gasteiger charge is -2.18. The fraction of sp³-hybridized carbons (Fsp3) is 0.280. The lowest BCUT2D eigenvalue weighted by Crippen LogP contribution is -2.29. The number of nitrogens with zero attached hydrogens (tertiary/aromatic N) is 1. The highest BCUT2D eigenvalue weighted by molar-refractivity contribution is 6.09. The van der Waals surface area contributed by atoms with E-state index in [-0.39, 0.29) is 18.1 Å². The molecular weight excluding hydrogens is 378 g/mol. The second-order valence-corrected chi connectivity index (χ2v) is 7.46. The van der Waals surface area contributed by atoms with Crippen LogP contribution in [-0.2, 0) is 6.42 Å². The van der Waals surface area contributed by atoms with Gasteiger partial charge in [0.1, 0.15) is 11.5 Å². The van der Waals surface area contributed by atoms with E-state index in [1.807, 2.05) is 35.2 Å². The molecule has 0 radical (unpaired) electrons. The van der Waals surface area contributed by atoms with Gasteiger partial charge in [-0.25, -0.2) is 0 Å². The molecule has 30 heavy (non-hydrogen) atoms. The van der Waals surface area contributed by atoms with Crippen LogP contribution in [0.25, 0.3) is 10.8 Å². The average molecular weight is 403 g/mol. The van der Waals surface area contributed by atoms with Crippen LogP contribution in [-0.4, -0.2) is 43.9 Å². The van der Waals surface area contributed by atoms with Crippen LogP contribution >= 0.6 is 0 Å². The molecule has 1 heterocycles. The molecule has 3 aromatic carbocycles. The van der Waals surface area contributed by atoms with Crippen molar-refractivity contribution >= 4 is 22.5 Å². The molecule has 1 amide bonds. The van der Waals surface area contributed by atoms with E-state index in [1.165, 1.54) is 0 Å². The molecule has 0 unspecified atom stereocenters. The van der Waals surface area contributed by atoms with Crippen molar-refractivity contribution in [2.45, 2.75) is 19.3 Å². The Morgan fingerprint density at radius 2 is 1.50 bits per heavy atom. The number of carbonyl (C=O) groups excluding carboxylic acids is 2. The summed E-state index contributed by atoms with van der Waals surface area (Å²) < 4.78 is 11.2. The molecule has 5 nitrogen and oxygen atoms in total. The minimum Gasteiger partial charge on any atom is -0.496 e. The third-order valence-corrected chi connectivity index (χ3v) is 5.66. The summed E-state index contributed by atoms with van der Waals surface area (Å²) in [6.07, 6.45) is 2.14. The summed E-state index contributed by atoms with van der Waals surface area (Å²) in [6, 6.07) is 16.7. The van der Waals surface area contributed by atoms with Crippen molar-refractivity contribution in [1.82, 2.24) is 4.90 Å². The second-order valence-electron chi connectivity index (χ2n) is 7.46. The van der Waals surface area contributed by atoms with Crippen LogP contribution in [0.4, 0.5) is 0 Å². The Kier molecular flexibility index (Phi) is 5.70. The number of carbonyl (C=O) groups is 2. The molecule has 0 atom stereocenters. The highest BCUT2D eigenvalue weighted by atomic mass is 16.5. The fourth-order valence-corrected chi connectivity index (χ4v) is 4.18. The summed E-state index contributed by atoms with van der Waals surface area (Å²) in [5.41, 5.74) is 1.65. The quantitative estimate of drug-likeness (QED) is 0.568. The number of rotatable bonds is 6. The van der Waals surface area contributed by atoms with Gasteiger partial charge in [0.05, 0.1) is 19.8 Å². The van der Waals surface area contributed by atoms with Gasteiger partial charge in [0.2, 0.25) is 0 Å². The minimum absolute atomic E-state index is 0.0699. The van der Waals surface area contributed by atoms with Crippen LogP contribution in [0.3, 0.4) is 0 Å². The van der Waals surface area contributed by atoms with Gasteiger partial charge in [-0.15, -0.1) is 0 Å². The molecule has 1 aliphatic heterocycles. The number of fused-ring (bicyclic) bond motifs is 1. The van der Waals surface area contributed by atoms with Gasteiger partial charge < -0.3 is 14.4 Å². The molecule has 0 N–H and O–H groups in total. The highest BCUT2D eigenvalue weighted by Crippen LogP contribution is 2.37. The van der Waals surface area contributed by atoms with Crippen molar-refractivity contribution in [3.63, 3.8) is 0 Å². The first-order chi connectivity index (χ1) is 14.6. The molecule has 0 aliphatic carbocycles. The van der Waals surface area contributed by atoms with E-state index >= 15 is 0 Å². The molecule has 1 fully saturated rings. The highest BCUT2D eigenvalue weighted by Gasteiger charge is 2.25. The van der Waals surface area contributed by atoms with Crippen molar-refractivity contribution in [3.8, 4) is 11.5 Å². The first-order valence-electron chi connectivity index (χ1n) is 10.2. The number of ether oxygens (including phenoxy) is 2. The Balaban J connectivity index is 1.71. The maximum Gasteiger partial charge on any atom is 0.254 e. The van der Waals surface area contributed by atoms with Gasteiger partial charge in [0, 0.05) is 41.4 Å². The topological polar surface area (TPSA) is 55.8 Å². The van der Waals surface area contributed by atoms with Gasteiger partial charge in [0.25, 0.3) is 5.91 Å². The minimum atomic E-state index is -0.117. The Hall–Kier alpha value is -3.34. The van der Waals surface area contributed by atoms with Gasteiger partial charge in [-0.05, 0) is 25.0 Å². The molecular formula is C25H25NO4. The molecule has 5 heteroatoms. The number of likely N-dealkylation sites (tertiary alicyclic amines) is 1. The van der Waals surface area contributed by atoms with Gasteiger partial charge >= 0.3 is 0 Å². The molecule has 1 saturated heterocycles. The Bertz CT molecular complexity index is 1100. The molecule has 0 bridgehead atoms. The molecule has 3 aromatic rings. The van der Waals surface area contributed by atoms with Gasteiger partial charge in [-0.3, -0.25) is 9.59 Å². The number of methoxy groups -OCH3 is 2. The van der Waals surface area contributed by atoms with E-state index in [0.717, 1.165) is 42.3 Å². The summed E-state index contributed by atoms with van der Waals surface area (Å²) in [4.78, 5) is 28.1. The fourth-order valence-electron chi connectivity index (χ4n) is 4.18. The van der Waals surface area contributed by atoms with E-state index < -0.39 is 0 Å². The van der Waals surface area contributed by atoms with Gasteiger partial charge in [0.15, 0.2) is 5.78 Å². The van der Waals surface area contributed by atoms with Crippen molar-refractivity contribution < 1.29 is 19.1 Å². The number of amides is 1. The number of hydrogen-bond acceptors (Lipinski definition) is 4. The Labute approximate surface area is 176 Å². The lowest BCUT2D eigenvalue weighted by molar-refractivity contribution is 0.0786.